The first-order valence-corrected chi connectivity index (χ1v) is 24.1. The van der Waals surface area contributed by atoms with Gasteiger partial charge in [0.15, 0.2) is 6.10 Å². The van der Waals surface area contributed by atoms with Crippen LogP contribution in [0.1, 0.15) is 174 Å². The number of carboxylic acids is 1. The van der Waals surface area contributed by atoms with Gasteiger partial charge in [0.2, 0.25) is 0 Å². The maximum Gasteiger partial charge on any atom is 0.472 e. The molecule has 59 heavy (non-hydrogen) atoms. The second-order valence-corrected chi connectivity index (χ2v) is 17.6. The van der Waals surface area contributed by atoms with Crippen molar-refractivity contribution in [3.05, 3.63) is 24.3 Å². The molecule has 0 saturated heterocycles. The minimum absolute atomic E-state index is 0.160. The zero-order valence-electron chi connectivity index (χ0n) is 36.2. The van der Waals surface area contributed by atoms with Crippen LogP contribution in [-0.2, 0) is 37.5 Å². The van der Waals surface area contributed by atoms with Gasteiger partial charge in [-0.25, -0.2) is 4.57 Å². The normalized spacial score (nSPS) is 20.8. The van der Waals surface area contributed by atoms with E-state index >= 15 is 0 Å². The lowest BCUT2D eigenvalue weighted by Gasteiger charge is -2.20. The summed E-state index contributed by atoms with van der Waals surface area (Å²) < 4.78 is 32.7. The molecule has 1 aliphatic carbocycles. The quantitative estimate of drug-likeness (QED) is 0.0149. The summed E-state index contributed by atoms with van der Waals surface area (Å²) in [6.07, 6.45) is 28.0. The second kappa shape index (κ2) is 34.4. The van der Waals surface area contributed by atoms with Crippen LogP contribution in [0.25, 0.3) is 0 Å². The van der Waals surface area contributed by atoms with Crippen LogP contribution in [0.5, 0.6) is 0 Å². The zero-order chi connectivity index (χ0) is 43.7. The molecule has 0 spiro atoms. The Labute approximate surface area is 354 Å². The summed E-state index contributed by atoms with van der Waals surface area (Å²) in [5.41, 5.74) is 5.33. The molecule has 1 unspecified atom stereocenters. The average Bonchev–Trinajstić information content (AvgIpc) is 3.47. The van der Waals surface area contributed by atoms with Crippen molar-refractivity contribution in [2.75, 3.05) is 19.8 Å². The first-order chi connectivity index (χ1) is 28.3. The molecular weight excluding hydrogens is 781 g/mol. The Morgan fingerprint density at radius 2 is 1.25 bits per heavy atom. The van der Waals surface area contributed by atoms with Crippen molar-refractivity contribution in [3.63, 3.8) is 0 Å². The second-order valence-electron chi connectivity index (χ2n) is 16.2. The average molecular weight is 862 g/mol. The topological polar surface area (TPSA) is 232 Å². The number of ether oxygens (including phenoxy) is 2. The van der Waals surface area contributed by atoms with Crippen molar-refractivity contribution in [1.82, 2.24) is 0 Å². The number of aliphatic hydroxyl groups is 3. The van der Waals surface area contributed by atoms with Crippen LogP contribution in [0.4, 0.5) is 0 Å². The number of nitrogens with two attached hydrogens (primary N) is 1. The Morgan fingerprint density at radius 3 is 1.81 bits per heavy atom. The number of carbonyl (C=O) groups is 3. The standard InChI is InChI=1S/C44H80NO13P/c1-3-5-7-8-9-10-11-12-13-14-15-16-17-18-19-20-22-27-42(49)55-32-36(33-56-59(53,54)57-34-39(45)44(51)52)58-43(50)28-24-23-26-37-38(41(48)31-40(37)47)30-29-35(46)25-21-6-4-2/h23-24,29-30,35-41,46-48H,3-22,25-28,31-34,45H2,1-2H3,(H,51,52)(H,53,54)/b24-23-,30-29+/t35-,36-,37+,38-,39+,40+,41-/m1/s1. The lowest BCUT2D eigenvalue weighted by atomic mass is 9.89. The van der Waals surface area contributed by atoms with Gasteiger partial charge in [0, 0.05) is 18.8 Å². The molecule has 1 aliphatic rings. The molecule has 7 N–H and O–H groups in total. The predicted molar refractivity (Wildman–Crippen MR) is 228 cm³/mol. The van der Waals surface area contributed by atoms with E-state index in [9.17, 15) is 39.2 Å². The third-order valence-electron chi connectivity index (χ3n) is 10.8. The van der Waals surface area contributed by atoms with Gasteiger partial charge in [-0.3, -0.25) is 23.4 Å². The number of aliphatic hydroxyl groups excluding tert-OH is 3. The fourth-order valence-corrected chi connectivity index (χ4v) is 7.94. The van der Waals surface area contributed by atoms with Crippen LogP contribution < -0.4 is 5.73 Å². The summed E-state index contributed by atoms with van der Waals surface area (Å²) in [5, 5.41) is 40.3. The fraction of sp³-hybridized carbons (Fsp3) is 0.841. The molecule has 0 aliphatic heterocycles. The van der Waals surface area contributed by atoms with Gasteiger partial charge in [-0.1, -0.05) is 160 Å². The van der Waals surface area contributed by atoms with E-state index in [0.717, 1.165) is 38.5 Å². The van der Waals surface area contributed by atoms with Crippen molar-refractivity contribution >= 4 is 25.7 Å². The van der Waals surface area contributed by atoms with E-state index in [2.05, 4.69) is 18.4 Å². The number of carboxylic acid groups (broad SMARTS) is 1. The fourth-order valence-electron chi connectivity index (χ4n) is 7.16. The molecule has 15 heteroatoms. The summed E-state index contributed by atoms with van der Waals surface area (Å²) in [6.45, 7) is 2.38. The number of rotatable bonds is 38. The number of hydrogen-bond acceptors (Lipinski definition) is 12. The van der Waals surface area contributed by atoms with Crippen molar-refractivity contribution in [2.24, 2.45) is 17.6 Å². The van der Waals surface area contributed by atoms with Gasteiger partial charge < -0.3 is 40.5 Å². The molecule has 0 aromatic heterocycles. The molecule has 0 amide bonds. The molecular formula is C44H80NO13P. The number of carbonyl (C=O) groups excluding carboxylic acids is 2. The Hall–Kier alpha value is -2.16. The molecule has 0 aromatic carbocycles. The lowest BCUT2D eigenvalue weighted by molar-refractivity contribution is -0.160. The molecule has 14 nitrogen and oxygen atoms in total. The smallest absolute Gasteiger partial charge is 0.472 e. The minimum atomic E-state index is -4.81. The van der Waals surface area contributed by atoms with Gasteiger partial charge in [0.25, 0.3) is 0 Å². The maximum atomic E-state index is 12.8. The van der Waals surface area contributed by atoms with E-state index < -0.39 is 76.0 Å². The van der Waals surface area contributed by atoms with Crippen LogP contribution in [0.3, 0.4) is 0 Å². The number of aliphatic carboxylic acids is 1. The highest BCUT2D eigenvalue weighted by molar-refractivity contribution is 7.47. The van der Waals surface area contributed by atoms with Gasteiger partial charge >= 0.3 is 25.7 Å². The highest BCUT2D eigenvalue weighted by Crippen LogP contribution is 2.43. The predicted octanol–water partition coefficient (Wildman–Crippen LogP) is 8.22. The minimum Gasteiger partial charge on any atom is -0.480 e. The summed E-state index contributed by atoms with van der Waals surface area (Å²) in [4.78, 5) is 46.3. The molecule has 0 aromatic rings. The molecule has 344 valence electrons. The number of esters is 2. The first-order valence-electron chi connectivity index (χ1n) is 22.6. The molecule has 0 radical (unpaired) electrons. The zero-order valence-corrected chi connectivity index (χ0v) is 37.1. The highest BCUT2D eigenvalue weighted by atomic mass is 31.2. The summed E-state index contributed by atoms with van der Waals surface area (Å²) in [7, 11) is -4.81. The number of phosphoric acid groups is 1. The number of hydrogen-bond donors (Lipinski definition) is 6. The maximum absolute atomic E-state index is 12.8. The van der Waals surface area contributed by atoms with E-state index in [4.69, 9.17) is 24.8 Å². The van der Waals surface area contributed by atoms with E-state index in [1.807, 2.05) is 0 Å². The van der Waals surface area contributed by atoms with E-state index in [1.54, 1.807) is 18.2 Å². The first kappa shape index (κ1) is 54.9. The monoisotopic (exact) mass is 862 g/mol. The van der Waals surface area contributed by atoms with Crippen LogP contribution in [-0.4, -0.2) is 93.5 Å². The van der Waals surface area contributed by atoms with E-state index in [1.165, 1.54) is 89.5 Å². The summed E-state index contributed by atoms with van der Waals surface area (Å²) in [6, 6.07) is -1.57. The van der Waals surface area contributed by atoms with Gasteiger partial charge in [-0.2, -0.15) is 0 Å². The number of phosphoric ester groups is 1. The molecule has 1 fully saturated rings. The molecule has 1 rings (SSSR count). The molecule has 0 heterocycles. The third-order valence-corrected chi connectivity index (χ3v) is 11.8. The Bertz CT molecular complexity index is 1220. The Balaban J connectivity index is 2.51. The Morgan fingerprint density at radius 1 is 0.729 bits per heavy atom. The number of allylic oxidation sites excluding steroid dienone is 1. The number of unbranched alkanes of at least 4 members (excludes halogenated alkanes) is 18. The third kappa shape index (κ3) is 28.9. The van der Waals surface area contributed by atoms with Gasteiger partial charge in [0.1, 0.15) is 12.6 Å². The van der Waals surface area contributed by atoms with Crippen molar-refractivity contribution in [3.8, 4) is 0 Å². The molecule has 0 bridgehead atoms. The van der Waals surface area contributed by atoms with Gasteiger partial charge in [0.05, 0.1) is 37.9 Å². The van der Waals surface area contributed by atoms with Crippen molar-refractivity contribution in [2.45, 2.75) is 205 Å². The van der Waals surface area contributed by atoms with Crippen molar-refractivity contribution < 1.29 is 62.8 Å². The largest absolute Gasteiger partial charge is 0.480 e. The van der Waals surface area contributed by atoms with Gasteiger partial charge in [-0.15, -0.1) is 0 Å². The van der Waals surface area contributed by atoms with E-state index in [-0.39, 0.29) is 31.1 Å². The van der Waals surface area contributed by atoms with Crippen LogP contribution >= 0.6 is 7.82 Å². The van der Waals surface area contributed by atoms with Gasteiger partial charge in [-0.05, 0) is 25.2 Å². The van der Waals surface area contributed by atoms with Crippen molar-refractivity contribution in [1.29, 1.82) is 0 Å². The molecule has 1 saturated carbocycles. The highest BCUT2D eigenvalue weighted by Gasteiger charge is 2.39. The molecule has 8 atom stereocenters. The summed E-state index contributed by atoms with van der Waals surface area (Å²) >= 11 is 0. The summed E-state index contributed by atoms with van der Waals surface area (Å²) in [5.74, 6) is -3.41. The van der Waals surface area contributed by atoms with Crippen LogP contribution in [0.2, 0.25) is 0 Å². The van der Waals surface area contributed by atoms with Crippen LogP contribution in [0.15, 0.2) is 24.3 Å². The van der Waals surface area contributed by atoms with Crippen LogP contribution in [0, 0.1) is 11.8 Å². The lowest BCUT2D eigenvalue weighted by Crippen LogP contribution is -2.34. The van der Waals surface area contributed by atoms with E-state index in [0.29, 0.717) is 19.3 Å². The Kier molecular flexibility index (Phi) is 32.0. The SMILES string of the molecule is CCCCCCCCCCCCCCCCCCCC(=O)OC[C@H](COP(=O)(O)OC[C@H](N)C(=O)O)OC(=O)C/C=C\C[C@H]1[C@@H](/C=C/[C@H](O)CCCCC)[C@H](O)C[C@@H]1O.